The molecule has 3 aromatic rings. The van der Waals surface area contributed by atoms with Gasteiger partial charge in [-0.3, -0.25) is 4.79 Å². The molecule has 0 aliphatic heterocycles. The lowest BCUT2D eigenvalue weighted by atomic mass is 10.2. The largest absolute Gasteiger partial charge is 0.481 e. The van der Waals surface area contributed by atoms with Crippen LogP contribution < -0.4 is 9.64 Å². The zero-order chi connectivity index (χ0) is 20.8. The lowest BCUT2D eigenvalue weighted by molar-refractivity contribution is -0.116. The first-order valence-corrected chi connectivity index (χ1v) is 10.2. The molecule has 6 nitrogen and oxygen atoms in total. The minimum Gasteiger partial charge on any atom is -0.481 e. The molecule has 0 spiro atoms. The van der Waals surface area contributed by atoms with E-state index < -0.39 is 6.10 Å². The van der Waals surface area contributed by atoms with Gasteiger partial charge in [-0.25, -0.2) is 4.39 Å². The van der Waals surface area contributed by atoms with Crippen LogP contribution in [0.4, 0.5) is 10.1 Å². The van der Waals surface area contributed by atoms with E-state index in [-0.39, 0.29) is 23.4 Å². The molecular formula is C21H22FN3O3S. The molecule has 0 aliphatic rings. The highest BCUT2D eigenvalue weighted by Gasteiger charge is 2.19. The average molecular weight is 415 g/mol. The van der Waals surface area contributed by atoms with Crippen molar-refractivity contribution in [2.24, 2.45) is 0 Å². The van der Waals surface area contributed by atoms with Crippen LogP contribution in [-0.2, 0) is 4.79 Å². The summed E-state index contributed by atoms with van der Waals surface area (Å²) in [5.74, 6) is 0.589. The molecule has 0 aliphatic carbocycles. The van der Waals surface area contributed by atoms with Crippen molar-refractivity contribution in [1.82, 2.24) is 10.2 Å². The molecule has 1 aromatic heterocycles. The van der Waals surface area contributed by atoms with Crippen LogP contribution in [0.2, 0.25) is 0 Å². The third-order valence-electron chi connectivity index (χ3n) is 4.24. The van der Waals surface area contributed by atoms with Gasteiger partial charge in [0.15, 0.2) is 6.10 Å². The quantitative estimate of drug-likeness (QED) is 0.492. The van der Waals surface area contributed by atoms with Gasteiger partial charge < -0.3 is 14.1 Å². The summed E-state index contributed by atoms with van der Waals surface area (Å²) in [4.78, 5) is 14.4. The molecule has 0 radical (unpaired) electrons. The minimum absolute atomic E-state index is 0.0397. The normalized spacial score (nSPS) is 11.9. The van der Waals surface area contributed by atoms with E-state index in [0.29, 0.717) is 17.5 Å². The van der Waals surface area contributed by atoms with Crippen molar-refractivity contribution in [3.63, 3.8) is 0 Å². The zero-order valence-electron chi connectivity index (χ0n) is 16.5. The van der Waals surface area contributed by atoms with Gasteiger partial charge in [-0.1, -0.05) is 30.0 Å². The summed E-state index contributed by atoms with van der Waals surface area (Å²) in [6, 6.07) is 13.5. The van der Waals surface area contributed by atoms with Crippen molar-refractivity contribution in [2.45, 2.75) is 32.1 Å². The standard InChI is InChI=1S/C21H22FN3O3S/c1-4-25(18-8-6-5-7-14(18)2)19(26)13-29-21-24-23-20(28-21)15(3)27-17-11-9-16(22)10-12-17/h5-12,15H,4,13H2,1-3H3. The van der Waals surface area contributed by atoms with Crippen molar-refractivity contribution in [3.05, 3.63) is 65.8 Å². The van der Waals surface area contributed by atoms with Crippen LogP contribution in [-0.4, -0.2) is 28.4 Å². The van der Waals surface area contributed by atoms with Crippen LogP contribution >= 0.6 is 11.8 Å². The summed E-state index contributed by atoms with van der Waals surface area (Å²) < 4.78 is 24.3. The number of para-hydroxylation sites is 1. The van der Waals surface area contributed by atoms with Gasteiger partial charge in [-0.2, -0.15) is 0 Å². The molecule has 1 amide bonds. The van der Waals surface area contributed by atoms with Crippen molar-refractivity contribution in [2.75, 3.05) is 17.2 Å². The molecule has 1 unspecified atom stereocenters. The monoisotopic (exact) mass is 415 g/mol. The number of benzene rings is 2. The number of aryl methyl sites for hydroxylation is 1. The summed E-state index contributed by atoms with van der Waals surface area (Å²) in [6.45, 7) is 6.24. The van der Waals surface area contributed by atoms with E-state index in [1.165, 1.54) is 36.0 Å². The van der Waals surface area contributed by atoms with E-state index in [9.17, 15) is 9.18 Å². The van der Waals surface area contributed by atoms with E-state index in [4.69, 9.17) is 9.15 Å². The van der Waals surface area contributed by atoms with Crippen molar-refractivity contribution >= 4 is 23.4 Å². The van der Waals surface area contributed by atoms with E-state index in [1.54, 1.807) is 11.8 Å². The van der Waals surface area contributed by atoms with Crippen LogP contribution in [0.5, 0.6) is 5.75 Å². The SMILES string of the molecule is CCN(C(=O)CSc1nnc(C(C)Oc2ccc(F)cc2)o1)c1ccccc1C. The molecule has 0 saturated heterocycles. The highest BCUT2D eigenvalue weighted by atomic mass is 32.2. The molecule has 0 bridgehead atoms. The smallest absolute Gasteiger partial charge is 0.277 e. The summed E-state index contributed by atoms with van der Waals surface area (Å²) in [5, 5.41) is 8.25. The van der Waals surface area contributed by atoms with Gasteiger partial charge in [0.25, 0.3) is 11.1 Å². The maximum Gasteiger partial charge on any atom is 0.277 e. The molecule has 0 fully saturated rings. The van der Waals surface area contributed by atoms with Gasteiger partial charge >= 0.3 is 0 Å². The Bertz CT molecular complexity index is 962. The molecule has 3 rings (SSSR count). The topological polar surface area (TPSA) is 68.5 Å². The fourth-order valence-corrected chi connectivity index (χ4v) is 3.41. The third kappa shape index (κ3) is 5.35. The Labute approximate surface area is 173 Å². The van der Waals surface area contributed by atoms with Crippen LogP contribution in [0.25, 0.3) is 0 Å². The van der Waals surface area contributed by atoms with Gasteiger partial charge in [0, 0.05) is 12.2 Å². The third-order valence-corrected chi connectivity index (χ3v) is 5.04. The number of rotatable bonds is 8. The van der Waals surface area contributed by atoms with Gasteiger partial charge in [0.2, 0.25) is 5.91 Å². The maximum atomic E-state index is 13.0. The minimum atomic E-state index is -0.503. The number of anilines is 1. The Morgan fingerprint density at radius 3 is 2.62 bits per heavy atom. The number of hydrogen-bond donors (Lipinski definition) is 0. The van der Waals surface area contributed by atoms with E-state index in [2.05, 4.69) is 10.2 Å². The molecule has 29 heavy (non-hydrogen) atoms. The number of aromatic nitrogens is 2. The molecule has 0 N–H and O–H groups in total. The van der Waals surface area contributed by atoms with Gasteiger partial charge in [-0.05, 0) is 56.7 Å². The number of carbonyl (C=O) groups is 1. The molecule has 1 atom stereocenters. The van der Waals surface area contributed by atoms with Crippen molar-refractivity contribution in [3.8, 4) is 5.75 Å². The van der Waals surface area contributed by atoms with Gasteiger partial charge in [0.1, 0.15) is 11.6 Å². The molecule has 152 valence electrons. The molecule has 2 aromatic carbocycles. The Hall–Kier alpha value is -2.87. The van der Waals surface area contributed by atoms with Gasteiger partial charge in [-0.15, -0.1) is 10.2 Å². The highest BCUT2D eigenvalue weighted by Crippen LogP contribution is 2.25. The first-order valence-electron chi connectivity index (χ1n) is 9.22. The second kappa shape index (κ2) is 9.56. The second-order valence-corrected chi connectivity index (χ2v) is 7.26. The van der Waals surface area contributed by atoms with Crippen LogP contribution in [0.3, 0.4) is 0 Å². The Morgan fingerprint density at radius 2 is 1.93 bits per heavy atom. The second-order valence-electron chi connectivity index (χ2n) is 6.33. The summed E-state index contributed by atoms with van der Waals surface area (Å²) in [6.07, 6.45) is -0.503. The molecule has 8 heteroatoms. The number of thioether (sulfide) groups is 1. The Morgan fingerprint density at radius 1 is 1.21 bits per heavy atom. The predicted octanol–water partition coefficient (Wildman–Crippen LogP) is 4.80. The van der Waals surface area contributed by atoms with Crippen molar-refractivity contribution in [1.29, 1.82) is 0 Å². The fraction of sp³-hybridized carbons (Fsp3) is 0.286. The van der Waals surface area contributed by atoms with Crippen LogP contribution in [0, 0.1) is 12.7 Å². The highest BCUT2D eigenvalue weighted by molar-refractivity contribution is 7.99. The predicted molar refractivity (Wildman–Crippen MR) is 110 cm³/mol. The van der Waals surface area contributed by atoms with Gasteiger partial charge in [0.05, 0.1) is 5.75 Å². The van der Waals surface area contributed by atoms with Crippen LogP contribution in [0.15, 0.2) is 58.2 Å². The Balaban J connectivity index is 1.58. The number of nitrogens with zero attached hydrogens (tertiary/aromatic N) is 3. The van der Waals surface area contributed by atoms with Crippen molar-refractivity contribution < 1.29 is 18.3 Å². The summed E-state index contributed by atoms with van der Waals surface area (Å²) in [7, 11) is 0. The number of amides is 1. The lowest BCUT2D eigenvalue weighted by Gasteiger charge is -2.22. The summed E-state index contributed by atoms with van der Waals surface area (Å²) in [5.41, 5.74) is 1.94. The fourth-order valence-electron chi connectivity index (χ4n) is 2.76. The molecule has 0 saturated carbocycles. The molecular weight excluding hydrogens is 393 g/mol. The first kappa shape index (κ1) is 20.9. The number of ether oxygens (including phenoxy) is 1. The maximum absolute atomic E-state index is 13.0. The van der Waals surface area contributed by atoms with E-state index in [0.717, 1.165) is 11.3 Å². The van der Waals surface area contributed by atoms with E-state index in [1.807, 2.05) is 38.1 Å². The molecule has 1 heterocycles. The lowest BCUT2D eigenvalue weighted by Crippen LogP contribution is -2.32. The Kier molecular flexibility index (Phi) is 6.87. The number of halogens is 1. The van der Waals surface area contributed by atoms with Crippen LogP contribution in [0.1, 0.15) is 31.4 Å². The number of carbonyl (C=O) groups excluding carboxylic acids is 1. The zero-order valence-corrected chi connectivity index (χ0v) is 17.3. The van der Waals surface area contributed by atoms with E-state index >= 15 is 0 Å². The average Bonchev–Trinajstić information content (AvgIpc) is 3.19. The number of hydrogen-bond acceptors (Lipinski definition) is 6. The summed E-state index contributed by atoms with van der Waals surface area (Å²) >= 11 is 1.18. The first-order chi connectivity index (χ1) is 14.0.